The van der Waals surface area contributed by atoms with Crippen LogP contribution in [-0.2, 0) is 4.79 Å². The SMILES string of the molecule is O=C(COc1ccccc1)NCC(c1ccccc1Cl)N1CCCCCC1. The maximum atomic E-state index is 12.3. The van der Waals surface area contributed by atoms with Crippen molar-refractivity contribution in [1.82, 2.24) is 10.2 Å². The lowest BCUT2D eigenvalue weighted by Crippen LogP contribution is -2.40. The smallest absolute Gasteiger partial charge is 0.258 e. The lowest BCUT2D eigenvalue weighted by molar-refractivity contribution is -0.123. The molecule has 0 spiro atoms. The van der Waals surface area contributed by atoms with Crippen LogP contribution in [0.15, 0.2) is 54.6 Å². The number of nitrogens with one attached hydrogen (secondary N) is 1. The molecule has 0 saturated carbocycles. The van der Waals surface area contributed by atoms with Gasteiger partial charge in [0, 0.05) is 11.6 Å². The maximum absolute atomic E-state index is 12.3. The summed E-state index contributed by atoms with van der Waals surface area (Å²) in [5.41, 5.74) is 1.07. The molecular formula is C22H27ClN2O2. The van der Waals surface area contributed by atoms with Crippen LogP contribution in [0.3, 0.4) is 0 Å². The number of amides is 1. The van der Waals surface area contributed by atoms with E-state index in [-0.39, 0.29) is 18.6 Å². The van der Waals surface area contributed by atoms with Gasteiger partial charge in [0.25, 0.3) is 5.91 Å². The molecule has 0 aromatic heterocycles. The van der Waals surface area contributed by atoms with E-state index in [0.717, 1.165) is 23.7 Å². The molecule has 0 aliphatic carbocycles. The van der Waals surface area contributed by atoms with Crippen LogP contribution in [0.5, 0.6) is 5.75 Å². The Morgan fingerprint density at radius 2 is 1.67 bits per heavy atom. The van der Waals surface area contributed by atoms with E-state index in [9.17, 15) is 4.79 Å². The van der Waals surface area contributed by atoms with E-state index in [2.05, 4.69) is 16.3 Å². The number of para-hydroxylation sites is 1. The van der Waals surface area contributed by atoms with Crippen LogP contribution in [-0.4, -0.2) is 37.0 Å². The van der Waals surface area contributed by atoms with Gasteiger partial charge in [-0.25, -0.2) is 0 Å². The molecule has 4 nitrogen and oxygen atoms in total. The minimum Gasteiger partial charge on any atom is -0.484 e. The molecule has 27 heavy (non-hydrogen) atoms. The molecule has 1 unspecified atom stereocenters. The zero-order valence-corrected chi connectivity index (χ0v) is 16.3. The summed E-state index contributed by atoms with van der Waals surface area (Å²) in [5.74, 6) is 0.577. The second-order valence-corrected chi connectivity index (χ2v) is 7.30. The Morgan fingerprint density at radius 3 is 2.37 bits per heavy atom. The quantitative estimate of drug-likeness (QED) is 0.764. The van der Waals surface area contributed by atoms with Crippen molar-refractivity contribution in [2.75, 3.05) is 26.2 Å². The Balaban J connectivity index is 1.62. The van der Waals surface area contributed by atoms with Crippen molar-refractivity contribution >= 4 is 17.5 Å². The second kappa shape index (κ2) is 10.3. The van der Waals surface area contributed by atoms with E-state index >= 15 is 0 Å². The number of carbonyl (C=O) groups is 1. The summed E-state index contributed by atoms with van der Waals surface area (Å²) < 4.78 is 5.54. The first-order valence-electron chi connectivity index (χ1n) is 9.67. The van der Waals surface area contributed by atoms with Gasteiger partial charge in [-0.2, -0.15) is 0 Å². The number of halogens is 1. The van der Waals surface area contributed by atoms with Crippen LogP contribution in [0.4, 0.5) is 0 Å². The molecule has 1 N–H and O–H groups in total. The number of hydrogen-bond acceptors (Lipinski definition) is 3. The van der Waals surface area contributed by atoms with Crippen LogP contribution < -0.4 is 10.1 Å². The number of rotatable bonds is 7. The first kappa shape index (κ1) is 19.7. The monoisotopic (exact) mass is 386 g/mol. The van der Waals surface area contributed by atoms with E-state index in [0.29, 0.717) is 12.3 Å². The Morgan fingerprint density at radius 1 is 1.00 bits per heavy atom. The van der Waals surface area contributed by atoms with E-state index in [1.54, 1.807) is 0 Å². The summed E-state index contributed by atoms with van der Waals surface area (Å²) >= 11 is 6.47. The summed E-state index contributed by atoms with van der Waals surface area (Å²) in [6.45, 7) is 2.61. The molecule has 1 saturated heterocycles. The highest BCUT2D eigenvalue weighted by Gasteiger charge is 2.23. The number of carbonyl (C=O) groups excluding carboxylic acids is 1. The maximum Gasteiger partial charge on any atom is 0.258 e. The number of nitrogens with zero attached hydrogens (tertiary/aromatic N) is 1. The van der Waals surface area contributed by atoms with Gasteiger partial charge in [-0.3, -0.25) is 9.69 Å². The molecule has 3 rings (SSSR count). The first-order valence-corrected chi connectivity index (χ1v) is 10.0. The molecule has 5 heteroatoms. The Kier molecular flexibility index (Phi) is 7.55. The largest absolute Gasteiger partial charge is 0.484 e. The fourth-order valence-corrected chi connectivity index (χ4v) is 3.78. The third-order valence-electron chi connectivity index (χ3n) is 4.95. The zero-order valence-electron chi connectivity index (χ0n) is 15.6. The molecule has 144 valence electrons. The second-order valence-electron chi connectivity index (χ2n) is 6.89. The van der Waals surface area contributed by atoms with Crippen LogP contribution in [0, 0.1) is 0 Å². The molecule has 1 fully saturated rings. The van der Waals surface area contributed by atoms with Gasteiger partial charge in [0.05, 0.1) is 6.04 Å². The van der Waals surface area contributed by atoms with Crippen molar-refractivity contribution in [2.45, 2.75) is 31.7 Å². The van der Waals surface area contributed by atoms with E-state index < -0.39 is 0 Å². The highest BCUT2D eigenvalue weighted by Crippen LogP contribution is 2.29. The molecule has 1 atom stereocenters. The third-order valence-corrected chi connectivity index (χ3v) is 5.30. The van der Waals surface area contributed by atoms with Gasteiger partial charge < -0.3 is 10.1 Å². The number of ether oxygens (including phenoxy) is 1. The zero-order chi connectivity index (χ0) is 18.9. The van der Waals surface area contributed by atoms with Crippen LogP contribution in [0.1, 0.15) is 37.3 Å². The topological polar surface area (TPSA) is 41.6 Å². The molecule has 0 bridgehead atoms. The van der Waals surface area contributed by atoms with Gasteiger partial charge in [-0.05, 0) is 49.7 Å². The average molecular weight is 387 g/mol. The molecule has 0 radical (unpaired) electrons. The van der Waals surface area contributed by atoms with Gasteiger partial charge in [0.1, 0.15) is 5.75 Å². The van der Waals surface area contributed by atoms with Crippen molar-refractivity contribution in [3.8, 4) is 5.75 Å². The molecule has 1 aliphatic rings. The van der Waals surface area contributed by atoms with Gasteiger partial charge in [0.15, 0.2) is 6.61 Å². The summed E-state index contributed by atoms with van der Waals surface area (Å²) in [5, 5.41) is 3.78. The van der Waals surface area contributed by atoms with Crippen molar-refractivity contribution in [3.63, 3.8) is 0 Å². The summed E-state index contributed by atoms with van der Waals surface area (Å²) in [7, 11) is 0. The van der Waals surface area contributed by atoms with E-state index in [1.165, 1.54) is 25.7 Å². The minimum absolute atomic E-state index is 0.0131. The normalized spacial score (nSPS) is 16.3. The highest BCUT2D eigenvalue weighted by molar-refractivity contribution is 6.31. The van der Waals surface area contributed by atoms with E-state index in [1.807, 2.05) is 48.5 Å². The molecule has 2 aromatic carbocycles. The predicted molar refractivity (Wildman–Crippen MR) is 109 cm³/mol. The van der Waals surface area contributed by atoms with Crippen LogP contribution in [0.25, 0.3) is 0 Å². The van der Waals surface area contributed by atoms with Crippen molar-refractivity contribution in [3.05, 3.63) is 65.2 Å². The van der Waals surface area contributed by atoms with Crippen molar-refractivity contribution in [1.29, 1.82) is 0 Å². The Bertz CT molecular complexity index is 715. The molecule has 1 aliphatic heterocycles. The molecule has 2 aromatic rings. The van der Waals surface area contributed by atoms with Crippen LogP contribution >= 0.6 is 11.6 Å². The minimum atomic E-state index is -0.120. The standard InChI is InChI=1S/C22H27ClN2O2/c23-20-13-7-6-12-19(20)21(25-14-8-1-2-9-15-25)16-24-22(26)17-27-18-10-4-3-5-11-18/h3-7,10-13,21H,1-2,8-9,14-17H2,(H,24,26). The summed E-state index contributed by atoms with van der Waals surface area (Å²) in [6.07, 6.45) is 4.91. The van der Waals surface area contributed by atoms with Crippen LogP contribution in [0.2, 0.25) is 5.02 Å². The molecule has 1 heterocycles. The fraction of sp³-hybridized carbons (Fsp3) is 0.409. The Hall–Kier alpha value is -2.04. The van der Waals surface area contributed by atoms with Gasteiger partial charge >= 0.3 is 0 Å². The van der Waals surface area contributed by atoms with E-state index in [4.69, 9.17) is 16.3 Å². The number of hydrogen-bond donors (Lipinski definition) is 1. The summed E-state index contributed by atoms with van der Waals surface area (Å²) in [6, 6.07) is 17.4. The first-order chi connectivity index (χ1) is 13.2. The van der Waals surface area contributed by atoms with Gasteiger partial charge in [-0.1, -0.05) is 60.8 Å². The lowest BCUT2D eigenvalue weighted by Gasteiger charge is -2.31. The number of benzene rings is 2. The highest BCUT2D eigenvalue weighted by atomic mass is 35.5. The third kappa shape index (κ3) is 5.98. The van der Waals surface area contributed by atoms with Gasteiger partial charge in [0.2, 0.25) is 0 Å². The van der Waals surface area contributed by atoms with Gasteiger partial charge in [-0.15, -0.1) is 0 Å². The Labute approximate surface area is 166 Å². The fourth-order valence-electron chi connectivity index (χ4n) is 3.52. The van der Waals surface area contributed by atoms with Crippen molar-refractivity contribution < 1.29 is 9.53 Å². The summed E-state index contributed by atoms with van der Waals surface area (Å²) in [4.78, 5) is 14.8. The number of likely N-dealkylation sites (tertiary alicyclic amines) is 1. The molecular weight excluding hydrogens is 360 g/mol. The van der Waals surface area contributed by atoms with Crippen molar-refractivity contribution in [2.24, 2.45) is 0 Å². The lowest BCUT2D eigenvalue weighted by atomic mass is 10.0. The predicted octanol–water partition coefficient (Wildman–Crippen LogP) is 4.45. The average Bonchev–Trinajstić information content (AvgIpc) is 2.98. The molecule has 1 amide bonds.